The molecule has 0 fully saturated rings. The predicted molar refractivity (Wildman–Crippen MR) is 204 cm³/mol. The molecule has 0 amide bonds. The highest BCUT2D eigenvalue weighted by molar-refractivity contribution is 7.45. The highest BCUT2D eigenvalue weighted by Gasteiger charge is 2.21. The van der Waals surface area contributed by atoms with Crippen LogP contribution in [0.3, 0.4) is 0 Å². The van der Waals surface area contributed by atoms with Crippen LogP contribution in [0.4, 0.5) is 0 Å². The van der Waals surface area contributed by atoms with Crippen LogP contribution < -0.4 is 4.89 Å². The Hall–Kier alpha value is -0.990. The molecule has 2 atom stereocenters. The van der Waals surface area contributed by atoms with Gasteiger partial charge in [0.2, 0.25) is 0 Å². The third-order valence-corrected chi connectivity index (χ3v) is 10.1. The van der Waals surface area contributed by atoms with Gasteiger partial charge in [-0.3, -0.25) is 14.2 Å². The minimum atomic E-state index is -4.61. The first-order valence-corrected chi connectivity index (χ1v) is 22.2. The fourth-order valence-electron chi connectivity index (χ4n) is 5.83. The van der Waals surface area contributed by atoms with E-state index in [2.05, 4.69) is 13.8 Å². The molecule has 0 bridgehead atoms. The average Bonchev–Trinajstić information content (AvgIpc) is 3.06. The van der Waals surface area contributed by atoms with Crippen molar-refractivity contribution >= 4 is 19.8 Å². The Balaban J connectivity index is 4.21. The van der Waals surface area contributed by atoms with E-state index in [0.29, 0.717) is 17.4 Å². The molecule has 0 aromatic carbocycles. The van der Waals surface area contributed by atoms with Gasteiger partial charge < -0.3 is 27.9 Å². The molecule has 0 aliphatic rings. The summed E-state index contributed by atoms with van der Waals surface area (Å²) in [6, 6.07) is 0. The number of quaternary nitrogens is 1. The molecule has 0 radical (unpaired) electrons. The summed E-state index contributed by atoms with van der Waals surface area (Å²) in [6.07, 6.45) is 31.5. The van der Waals surface area contributed by atoms with Crippen LogP contribution in [0.25, 0.3) is 0 Å². The molecule has 0 saturated heterocycles. The van der Waals surface area contributed by atoms with Gasteiger partial charge in [0.15, 0.2) is 6.10 Å². The summed E-state index contributed by atoms with van der Waals surface area (Å²) in [5.74, 6) is -0.830. The second-order valence-electron chi connectivity index (χ2n) is 15.4. The lowest BCUT2D eigenvalue weighted by Crippen LogP contribution is -2.37. The van der Waals surface area contributed by atoms with E-state index in [0.717, 1.165) is 32.1 Å². The van der Waals surface area contributed by atoms with Crippen molar-refractivity contribution in [2.45, 2.75) is 200 Å². The maximum atomic E-state index is 12.6. The van der Waals surface area contributed by atoms with Crippen molar-refractivity contribution in [2.75, 3.05) is 47.5 Å². The van der Waals surface area contributed by atoms with Crippen LogP contribution in [0.1, 0.15) is 194 Å². The second-order valence-corrected chi connectivity index (χ2v) is 16.8. The van der Waals surface area contributed by atoms with Crippen LogP contribution in [0.15, 0.2) is 0 Å². The van der Waals surface area contributed by atoms with Gasteiger partial charge in [0.25, 0.3) is 7.82 Å². The van der Waals surface area contributed by atoms with E-state index in [1.54, 1.807) is 0 Å². The summed E-state index contributed by atoms with van der Waals surface area (Å²) in [7, 11) is 1.18. The van der Waals surface area contributed by atoms with Crippen molar-refractivity contribution in [2.24, 2.45) is 0 Å². The Morgan fingerprint density at radius 3 is 1.28 bits per heavy atom. The van der Waals surface area contributed by atoms with Crippen LogP contribution in [-0.4, -0.2) is 70.0 Å². The first-order valence-electron chi connectivity index (χ1n) is 20.7. The maximum absolute atomic E-state index is 12.6. The first kappa shape index (κ1) is 49.0. The molecule has 0 rings (SSSR count). The van der Waals surface area contributed by atoms with Crippen molar-refractivity contribution in [3.8, 4) is 0 Å². The van der Waals surface area contributed by atoms with Crippen molar-refractivity contribution in [1.82, 2.24) is 0 Å². The van der Waals surface area contributed by atoms with Crippen molar-refractivity contribution in [1.29, 1.82) is 0 Å². The molecule has 1 unspecified atom stereocenters. The van der Waals surface area contributed by atoms with Gasteiger partial charge in [0, 0.05) is 12.8 Å². The van der Waals surface area contributed by atoms with Gasteiger partial charge in [-0.25, -0.2) is 0 Å². The number of carbonyl (C=O) groups excluding carboxylic acids is 2. The minimum absolute atomic E-state index is 0.0262. The Bertz CT molecular complexity index is 835. The zero-order valence-corrected chi connectivity index (χ0v) is 34.3. The molecule has 0 aliphatic carbocycles. The molecule has 9 nitrogen and oxygen atoms in total. The highest BCUT2D eigenvalue weighted by Crippen LogP contribution is 2.38. The molecular weight excluding hydrogens is 653 g/mol. The molecular formula is C40H80NO8P. The second kappa shape index (κ2) is 33.8. The fraction of sp³-hybridized carbons (Fsp3) is 0.950. The smallest absolute Gasteiger partial charge is 0.306 e. The van der Waals surface area contributed by atoms with E-state index in [1.165, 1.54) is 128 Å². The molecule has 10 heteroatoms. The number of rotatable bonds is 38. The van der Waals surface area contributed by atoms with Gasteiger partial charge in [-0.05, 0) is 12.8 Å². The lowest BCUT2D eigenvalue weighted by atomic mass is 10.0. The standard InChI is InChI=1S/C40H80NO8P/c1-6-8-10-12-14-15-16-17-18-19-20-21-22-23-24-25-27-29-31-33-40(43)49-38(37-48-50(44,45)47-35-34-41(3,4)5)36-46-39(42)32-30-28-26-13-11-9-7-2/h38H,6-37H2,1-5H3/t38-/m1/s1. The number of unbranched alkanes of at least 4 members (excludes halogenated alkanes) is 24. The van der Waals surface area contributed by atoms with Gasteiger partial charge in [-0.15, -0.1) is 0 Å². The van der Waals surface area contributed by atoms with Crippen molar-refractivity contribution in [3.05, 3.63) is 0 Å². The van der Waals surface area contributed by atoms with E-state index >= 15 is 0 Å². The summed E-state index contributed by atoms with van der Waals surface area (Å²) in [5.41, 5.74) is 0. The maximum Gasteiger partial charge on any atom is 0.306 e. The Morgan fingerprint density at radius 2 is 0.900 bits per heavy atom. The van der Waals surface area contributed by atoms with Gasteiger partial charge >= 0.3 is 11.9 Å². The van der Waals surface area contributed by atoms with Crippen LogP contribution in [0, 0.1) is 0 Å². The van der Waals surface area contributed by atoms with Gasteiger partial charge in [0.1, 0.15) is 19.8 Å². The Labute approximate surface area is 308 Å². The largest absolute Gasteiger partial charge is 0.756 e. The molecule has 298 valence electrons. The van der Waals surface area contributed by atoms with E-state index in [4.69, 9.17) is 18.5 Å². The monoisotopic (exact) mass is 734 g/mol. The average molecular weight is 734 g/mol. The zero-order chi connectivity index (χ0) is 37.2. The third-order valence-electron chi connectivity index (χ3n) is 9.13. The quantitative estimate of drug-likeness (QED) is 0.0267. The normalized spacial score (nSPS) is 13.6. The van der Waals surface area contributed by atoms with Gasteiger partial charge in [0.05, 0.1) is 27.7 Å². The molecule has 0 aromatic heterocycles. The van der Waals surface area contributed by atoms with Crippen LogP contribution in [0.2, 0.25) is 0 Å². The summed E-state index contributed by atoms with van der Waals surface area (Å²) in [5, 5.41) is 0. The van der Waals surface area contributed by atoms with Gasteiger partial charge in [-0.2, -0.15) is 0 Å². The Kier molecular flexibility index (Phi) is 33.2. The van der Waals surface area contributed by atoms with Crippen LogP contribution in [0.5, 0.6) is 0 Å². The number of ether oxygens (including phenoxy) is 2. The first-order chi connectivity index (χ1) is 24.0. The van der Waals surface area contributed by atoms with Gasteiger partial charge in [-0.1, -0.05) is 168 Å². The molecule has 0 N–H and O–H groups in total. The lowest BCUT2D eigenvalue weighted by molar-refractivity contribution is -0.870. The topological polar surface area (TPSA) is 111 Å². The number of carbonyl (C=O) groups is 2. The molecule has 0 heterocycles. The SMILES string of the molecule is CCCCCCCCCCCCCCCCCCCCCC(=O)O[C@H](COC(=O)CCCCCCCCC)COP(=O)([O-])OCC[N+](C)(C)C. The highest BCUT2D eigenvalue weighted by atomic mass is 31.2. The summed E-state index contributed by atoms with van der Waals surface area (Å²) in [6.45, 7) is 4.20. The molecule has 0 spiro atoms. The molecule has 0 aliphatic heterocycles. The molecule has 0 aromatic rings. The van der Waals surface area contributed by atoms with Crippen molar-refractivity contribution < 1.29 is 42.1 Å². The predicted octanol–water partition coefficient (Wildman–Crippen LogP) is 10.6. The molecule has 50 heavy (non-hydrogen) atoms. The van der Waals surface area contributed by atoms with E-state index < -0.39 is 26.5 Å². The number of phosphoric ester groups is 1. The minimum Gasteiger partial charge on any atom is -0.756 e. The van der Waals surface area contributed by atoms with Crippen LogP contribution >= 0.6 is 7.82 Å². The van der Waals surface area contributed by atoms with Crippen molar-refractivity contribution in [3.63, 3.8) is 0 Å². The third kappa shape index (κ3) is 36.8. The number of esters is 2. The molecule has 0 saturated carbocycles. The summed E-state index contributed by atoms with van der Waals surface area (Å²) < 4.78 is 33.7. The fourth-order valence-corrected chi connectivity index (χ4v) is 6.56. The Morgan fingerprint density at radius 1 is 0.540 bits per heavy atom. The lowest BCUT2D eigenvalue weighted by Gasteiger charge is -2.28. The zero-order valence-electron chi connectivity index (χ0n) is 33.4. The summed E-state index contributed by atoms with van der Waals surface area (Å²) in [4.78, 5) is 37.2. The number of hydrogen-bond donors (Lipinski definition) is 0. The van der Waals surface area contributed by atoms with E-state index in [9.17, 15) is 19.0 Å². The summed E-state index contributed by atoms with van der Waals surface area (Å²) >= 11 is 0. The number of likely N-dealkylation sites (N-methyl/N-ethyl adjacent to an activating group) is 1. The number of nitrogens with zero attached hydrogens (tertiary/aromatic N) is 1. The van der Waals surface area contributed by atoms with Crippen LogP contribution in [-0.2, 0) is 32.7 Å². The number of hydrogen-bond acceptors (Lipinski definition) is 8. The van der Waals surface area contributed by atoms with E-state index in [-0.39, 0.29) is 32.0 Å². The van der Waals surface area contributed by atoms with E-state index in [1.807, 2.05) is 21.1 Å². The number of phosphoric acid groups is 1.